The number of hydrogen-bond acceptors (Lipinski definition) is 12. The van der Waals surface area contributed by atoms with Gasteiger partial charge < -0.3 is 27.0 Å². The highest BCUT2D eigenvalue weighted by molar-refractivity contribution is 6.14. The Morgan fingerprint density at radius 3 is 0.653 bits per heavy atom. The summed E-state index contributed by atoms with van der Waals surface area (Å²) in [4.78, 5) is 45.3. The van der Waals surface area contributed by atoms with Crippen LogP contribution in [0.15, 0.2) is 523 Å². The van der Waals surface area contributed by atoms with Gasteiger partial charge >= 0.3 is 0 Å². The molecule has 30 rings (SSSR count). The second-order valence-corrected chi connectivity index (χ2v) is 37.4. The third kappa shape index (κ3) is 15.9. The molecule has 30 aromatic rings. The minimum absolute atomic E-state index is 0.585. The van der Waals surface area contributed by atoms with Crippen molar-refractivity contribution in [1.29, 1.82) is 0 Å². The van der Waals surface area contributed by atoms with E-state index >= 15 is 0 Å². The van der Waals surface area contributed by atoms with Crippen LogP contribution in [0.1, 0.15) is 0 Å². The molecule has 0 N–H and O–H groups in total. The normalized spacial score (nSPS) is 11.6. The van der Waals surface area contributed by atoms with Crippen LogP contribution in [0.25, 0.3) is 284 Å². The van der Waals surface area contributed by atoms with Crippen molar-refractivity contribution in [3.63, 3.8) is 0 Å². The van der Waals surface area contributed by atoms with E-state index in [2.05, 4.69) is 384 Å². The second-order valence-electron chi connectivity index (χ2n) is 37.4. The van der Waals surface area contributed by atoms with Gasteiger partial charge in [-0.2, -0.15) is 0 Å². The van der Waals surface area contributed by atoms with E-state index in [-0.39, 0.29) is 0 Å². The molecule has 0 fully saturated rings. The summed E-state index contributed by atoms with van der Waals surface area (Å²) in [5.41, 5.74) is 30.2. The fourth-order valence-electron chi connectivity index (χ4n) is 21.2. The highest BCUT2D eigenvalue weighted by Crippen LogP contribution is 2.44. The Labute approximate surface area is 859 Å². The van der Waals surface area contributed by atoms with Gasteiger partial charge in [-0.15, -0.1) is 0 Å². The lowest BCUT2D eigenvalue weighted by atomic mass is 10.0. The summed E-state index contributed by atoms with van der Waals surface area (Å²) in [7, 11) is 0. The number of nitrogens with zero attached hydrogens (tertiary/aromatic N) is 12. The molecule has 0 radical (unpaired) electrons. The molecule has 0 atom stereocenters. The van der Waals surface area contributed by atoms with Gasteiger partial charge in [-0.1, -0.05) is 358 Å². The van der Waals surface area contributed by atoms with Gasteiger partial charge in [0.05, 0.1) is 33.1 Å². The SMILES string of the molecule is c1ccc(-c2ccc(-c3nc(-c4cccc(-n5c6ccccc6c6ccccc65)c4)nc(-c4ccc5c(c4)oc4ccccc45)n3)cc2)cc1.c1ccc(-c2ccc3c(c2)c2ccccc2n3-c2ccc(-c3nc(-c4ccccc4)nc(-c4ccc5c(c4)oc4ccccc45)n3)cc2)cc1.c1ccc(-c2ccc3c(c2)c2ccccc2n3-c2cccc(-c3nc(-c4ccccc4)nc(-c4ccc5c(c4)oc4ccccc45)n3)c2)cc1. The van der Waals surface area contributed by atoms with E-state index in [1.54, 1.807) is 0 Å². The number of para-hydroxylation sites is 7. The van der Waals surface area contributed by atoms with Crippen LogP contribution >= 0.6 is 0 Å². The van der Waals surface area contributed by atoms with Crippen LogP contribution in [0.4, 0.5) is 0 Å². The van der Waals surface area contributed by atoms with Crippen molar-refractivity contribution in [2.24, 2.45) is 0 Å². The minimum atomic E-state index is 0.585. The van der Waals surface area contributed by atoms with E-state index < -0.39 is 0 Å². The first-order chi connectivity index (χ1) is 74.3. The van der Waals surface area contributed by atoms with Crippen molar-refractivity contribution in [1.82, 2.24) is 58.6 Å². The predicted molar refractivity (Wildman–Crippen MR) is 610 cm³/mol. The third-order valence-electron chi connectivity index (χ3n) is 28.4. The Bertz CT molecular complexity index is 10400. The van der Waals surface area contributed by atoms with Crippen LogP contribution in [-0.2, 0) is 0 Å². The number of furan rings is 3. The number of fused-ring (bicyclic) bond motifs is 18. The Morgan fingerprint density at radius 2 is 0.320 bits per heavy atom. The topological polar surface area (TPSA) is 170 Å². The van der Waals surface area contributed by atoms with E-state index in [1.807, 2.05) is 140 Å². The van der Waals surface area contributed by atoms with Gasteiger partial charge in [0.25, 0.3) is 0 Å². The number of benzene rings is 21. The molecule has 9 heterocycles. The van der Waals surface area contributed by atoms with Crippen molar-refractivity contribution >= 4 is 131 Å². The first-order valence-corrected chi connectivity index (χ1v) is 50.1. The maximum absolute atomic E-state index is 6.25. The number of rotatable bonds is 15. The number of aromatic nitrogens is 12. The van der Waals surface area contributed by atoms with Gasteiger partial charge in [0.15, 0.2) is 52.4 Å². The van der Waals surface area contributed by atoms with Gasteiger partial charge in [-0.25, -0.2) is 44.9 Å². The Kier molecular flexibility index (Phi) is 21.5. The Balaban J connectivity index is 0.000000108. The van der Waals surface area contributed by atoms with Crippen molar-refractivity contribution < 1.29 is 13.3 Å². The molecule has 0 aliphatic rings. The van der Waals surface area contributed by atoms with Crippen LogP contribution in [0, 0.1) is 0 Å². The van der Waals surface area contributed by atoms with E-state index in [1.165, 1.54) is 54.6 Å². The summed E-state index contributed by atoms with van der Waals surface area (Å²) in [6, 6.07) is 176. The fraction of sp³-hybridized carbons (Fsp3) is 0. The lowest BCUT2D eigenvalue weighted by Gasteiger charge is -2.12. The molecule has 0 amide bonds. The van der Waals surface area contributed by atoms with Crippen LogP contribution in [-0.4, -0.2) is 58.6 Å². The zero-order valence-electron chi connectivity index (χ0n) is 80.6. The Hall–Kier alpha value is -20.6. The predicted octanol–water partition coefficient (Wildman–Crippen LogP) is 34.6. The summed E-state index contributed by atoms with van der Waals surface area (Å²) in [6.07, 6.45) is 0. The van der Waals surface area contributed by atoms with Crippen molar-refractivity contribution in [3.8, 4) is 153 Å². The molecule has 150 heavy (non-hydrogen) atoms. The maximum Gasteiger partial charge on any atom is 0.164 e. The molecular weight excluding hydrogens is 1840 g/mol. The maximum atomic E-state index is 6.25. The van der Waals surface area contributed by atoms with Gasteiger partial charge in [0.1, 0.15) is 33.5 Å². The van der Waals surface area contributed by atoms with Crippen LogP contribution in [0.2, 0.25) is 0 Å². The van der Waals surface area contributed by atoms with Crippen molar-refractivity contribution in [2.45, 2.75) is 0 Å². The molecule has 0 bridgehead atoms. The highest BCUT2D eigenvalue weighted by atomic mass is 16.3. The standard InChI is InChI=1S/3C45H28N4O/c1-3-12-29(13-4-1)31-23-25-40-38(27-31)35-18-7-9-20-39(35)49(40)34-17-11-16-32(26-34)44-46-43(30-14-5-2-6-15-30)47-45(48-44)33-22-24-37-36-19-8-10-21-41(36)50-42(37)28-33;1-3-11-29(12-4-1)32-22-26-40-38(27-32)35-15-7-9-17-39(35)49(40)34-23-19-31(20-24-34)44-46-43(30-13-5-2-6-14-30)47-45(48-44)33-21-25-37-36-16-8-10-18-41(36)50-42(37)28-33;1-2-11-29(12-3-1)30-21-23-31(24-22-30)43-46-44(48-45(47-43)33-25-26-38-37-17-6-9-20-41(37)50-42(38)28-33)32-13-10-14-34(27-32)49-39-18-7-4-15-35(39)36-16-5-8-19-40(36)49/h3*1-28H. The third-order valence-corrected chi connectivity index (χ3v) is 28.4. The second kappa shape index (κ2) is 37.0. The summed E-state index contributed by atoms with van der Waals surface area (Å²) in [6.45, 7) is 0. The van der Waals surface area contributed by atoms with Gasteiger partial charge in [-0.05, 0) is 185 Å². The first kappa shape index (κ1) is 87.3. The van der Waals surface area contributed by atoms with Crippen molar-refractivity contribution in [3.05, 3.63) is 510 Å². The van der Waals surface area contributed by atoms with E-state index in [0.29, 0.717) is 52.4 Å². The smallest absolute Gasteiger partial charge is 0.164 e. The van der Waals surface area contributed by atoms with Crippen LogP contribution < -0.4 is 0 Å². The summed E-state index contributed by atoms with van der Waals surface area (Å²) < 4.78 is 25.7. The van der Waals surface area contributed by atoms with E-state index in [0.717, 1.165) is 177 Å². The molecule has 0 aliphatic carbocycles. The average molecular weight is 1920 g/mol. The average Bonchev–Trinajstić information content (AvgIpc) is 1.68. The van der Waals surface area contributed by atoms with Crippen molar-refractivity contribution in [2.75, 3.05) is 0 Å². The fourth-order valence-corrected chi connectivity index (χ4v) is 21.2. The van der Waals surface area contributed by atoms with E-state index in [4.69, 9.17) is 58.1 Å². The molecule has 702 valence electrons. The first-order valence-electron chi connectivity index (χ1n) is 50.1. The number of hydrogen-bond donors (Lipinski definition) is 0. The summed E-state index contributed by atoms with van der Waals surface area (Å²) in [5, 5.41) is 13.8. The molecule has 15 nitrogen and oxygen atoms in total. The molecule has 0 saturated heterocycles. The summed E-state index contributed by atoms with van der Waals surface area (Å²) >= 11 is 0. The zero-order chi connectivity index (χ0) is 99.1. The monoisotopic (exact) mass is 1920 g/mol. The Morgan fingerprint density at radius 1 is 0.113 bits per heavy atom. The van der Waals surface area contributed by atoms with Gasteiger partial charge in [0.2, 0.25) is 0 Å². The molecular formula is C135H84N12O3. The van der Waals surface area contributed by atoms with Crippen LogP contribution in [0.3, 0.4) is 0 Å². The van der Waals surface area contributed by atoms with E-state index in [9.17, 15) is 0 Å². The minimum Gasteiger partial charge on any atom is -0.456 e. The van der Waals surface area contributed by atoms with Gasteiger partial charge in [0, 0.05) is 132 Å². The molecule has 15 heteroatoms. The molecule has 0 spiro atoms. The lowest BCUT2D eigenvalue weighted by Crippen LogP contribution is -2.01. The molecule has 9 aromatic heterocycles. The highest BCUT2D eigenvalue weighted by Gasteiger charge is 2.25. The quantitative estimate of drug-likeness (QED) is 0.0953. The largest absolute Gasteiger partial charge is 0.456 e. The molecule has 21 aromatic carbocycles. The molecule has 0 unspecified atom stereocenters. The summed E-state index contributed by atoms with van der Waals surface area (Å²) in [5.74, 6) is 5.43. The zero-order valence-corrected chi connectivity index (χ0v) is 80.6. The molecule has 0 aliphatic heterocycles. The van der Waals surface area contributed by atoms with Crippen LogP contribution in [0.5, 0.6) is 0 Å². The lowest BCUT2D eigenvalue weighted by molar-refractivity contribution is 0.668. The van der Waals surface area contributed by atoms with Gasteiger partial charge in [-0.3, -0.25) is 0 Å². The molecule has 0 saturated carbocycles.